The Morgan fingerprint density at radius 3 is 2.10 bits per heavy atom. The first-order chi connectivity index (χ1) is 13.7. The van der Waals surface area contributed by atoms with E-state index in [4.69, 9.17) is 4.74 Å². The Bertz CT molecular complexity index is 969. The van der Waals surface area contributed by atoms with Crippen LogP contribution < -0.4 is 10.1 Å². The van der Waals surface area contributed by atoms with Crippen LogP contribution in [0.1, 0.15) is 29.5 Å². The van der Waals surface area contributed by atoms with E-state index in [0.717, 1.165) is 22.4 Å². The average molecular weight is 417 g/mol. The number of rotatable bonds is 5. The molecule has 1 amide bonds. The van der Waals surface area contributed by atoms with E-state index in [1.807, 2.05) is 32.9 Å². The Labute approximate surface area is 172 Å². The number of methoxy groups -OCH3 is 1. The van der Waals surface area contributed by atoms with E-state index in [1.165, 1.54) is 4.31 Å². The summed E-state index contributed by atoms with van der Waals surface area (Å²) in [5.74, 6) is 0.446. The molecule has 0 atom stereocenters. The molecule has 29 heavy (non-hydrogen) atoms. The van der Waals surface area contributed by atoms with Crippen molar-refractivity contribution < 1.29 is 17.9 Å². The Morgan fingerprint density at radius 2 is 1.59 bits per heavy atom. The highest BCUT2D eigenvalue weighted by Crippen LogP contribution is 2.29. The van der Waals surface area contributed by atoms with E-state index >= 15 is 0 Å². The van der Waals surface area contributed by atoms with Crippen LogP contribution in [0.15, 0.2) is 41.3 Å². The van der Waals surface area contributed by atoms with E-state index in [-0.39, 0.29) is 11.8 Å². The molecule has 0 bridgehead atoms. The number of amides is 1. The molecule has 1 fully saturated rings. The van der Waals surface area contributed by atoms with Gasteiger partial charge in [0.15, 0.2) is 0 Å². The molecule has 1 heterocycles. The predicted molar refractivity (Wildman–Crippen MR) is 114 cm³/mol. The number of anilines is 1. The molecule has 0 unspecified atom stereocenters. The number of hydrogen-bond donors (Lipinski definition) is 1. The van der Waals surface area contributed by atoms with Crippen molar-refractivity contribution in [2.45, 2.75) is 38.5 Å². The fourth-order valence-corrected chi connectivity index (χ4v) is 5.86. The number of sulfonamides is 1. The summed E-state index contributed by atoms with van der Waals surface area (Å²) in [5, 5.41) is 2.91. The summed E-state index contributed by atoms with van der Waals surface area (Å²) in [5.41, 5.74) is 3.29. The third-order valence-corrected chi connectivity index (χ3v) is 7.59. The molecule has 3 rings (SSSR count). The second-order valence-corrected chi connectivity index (χ2v) is 9.50. The molecule has 156 valence electrons. The Morgan fingerprint density at radius 1 is 1.03 bits per heavy atom. The Balaban J connectivity index is 1.66. The van der Waals surface area contributed by atoms with Gasteiger partial charge < -0.3 is 10.1 Å². The lowest BCUT2D eigenvalue weighted by atomic mass is 9.97. The van der Waals surface area contributed by atoms with Crippen molar-refractivity contribution in [2.24, 2.45) is 5.92 Å². The van der Waals surface area contributed by atoms with Crippen LogP contribution in [-0.4, -0.2) is 38.8 Å². The Hall–Kier alpha value is -2.38. The predicted octanol–water partition coefficient (Wildman–Crippen LogP) is 3.66. The van der Waals surface area contributed by atoms with Crippen LogP contribution in [0.4, 0.5) is 5.69 Å². The van der Waals surface area contributed by atoms with Crippen LogP contribution >= 0.6 is 0 Å². The number of nitrogens with zero attached hydrogens (tertiary/aromatic N) is 1. The highest BCUT2D eigenvalue weighted by atomic mass is 32.2. The first-order valence-electron chi connectivity index (χ1n) is 9.75. The third-order valence-electron chi connectivity index (χ3n) is 5.38. The van der Waals surface area contributed by atoms with Crippen molar-refractivity contribution in [1.82, 2.24) is 4.31 Å². The summed E-state index contributed by atoms with van der Waals surface area (Å²) >= 11 is 0. The third kappa shape index (κ3) is 4.62. The molecule has 6 nitrogen and oxygen atoms in total. The van der Waals surface area contributed by atoms with Crippen molar-refractivity contribution in [3.63, 3.8) is 0 Å². The molecule has 2 aromatic carbocycles. The van der Waals surface area contributed by atoms with Gasteiger partial charge in [0, 0.05) is 24.7 Å². The smallest absolute Gasteiger partial charge is 0.243 e. The second kappa shape index (κ2) is 8.55. The largest absolute Gasteiger partial charge is 0.497 e. The van der Waals surface area contributed by atoms with Crippen LogP contribution in [0.5, 0.6) is 5.75 Å². The maximum absolute atomic E-state index is 13.2. The molecule has 1 N–H and O–H groups in total. The summed E-state index contributed by atoms with van der Waals surface area (Å²) in [7, 11) is -1.98. The lowest BCUT2D eigenvalue weighted by Crippen LogP contribution is -2.41. The molecule has 0 saturated carbocycles. The van der Waals surface area contributed by atoms with Crippen LogP contribution in [0.2, 0.25) is 0 Å². The quantitative estimate of drug-likeness (QED) is 0.807. The summed E-state index contributed by atoms with van der Waals surface area (Å²) in [4.78, 5) is 13.0. The maximum Gasteiger partial charge on any atom is 0.243 e. The van der Waals surface area contributed by atoms with E-state index in [0.29, 0.717) is 36.5 Å². The number of nitrogens with one attached hydrogen (secondary N) is 1. The van der Waals surface area contributed by atoms with Gasteiger partial charge in [0.2, 0.25) is 15.9 Å². The van der Waals surface area contributed by atoms with Gasteiger partial charge in [-0.15, -0.1) is 0 Å². The SMILES string of the molecule is COc1ccc(NC(=O)C2CCN(S(=O)(=O)c3c(C)cc(C)cc3C)CC2)cc1. The van der Waals surface area contributed by atoms with E-state index < -0.39 is 10.0 Å². The van der Waals surface area contributed by atoms with Gasteiger partial charge in [-0.25, -0.2) is 8.42 Å². The van der Waals surface area contributed by atoms with Crippen molar-refractivity contribution >= 4 is 21.6 Å². The van der Waals surface area contributed by atoms with Crippen LogP contribution in [-0.2, 0) is 14.8 Å². The minimum absolute atomic E-state index is 0.0742. The normalized spacial score (nSPS) is 15.9. The van der Waals surface area contributed by atoms with Crippen LogP contribution in [0.3, 0.4) is 0 Å². The summed E-state index contributed by atoms with van der Waals surface area (Å²) in [6, 6.07) is 11.0. The summed E-state index contributed by atoms with van der Waals surface area (Å²) in [6.07, 6.45) is 1.01. The number of hydrogen-bond acceptors (Lipinski definition) is 4. The monoisotopic (exact) mass is 416 g/mol. The second-order valence-electron chi connectivity index (χ2n) is 7.62. The van der Waals surface area contributed by atoms with E-state index in [9.17, 15) is 13.2 Å². The van der Waals surface area contributed by atoms with Gasteiger partial charge in [-0.05, 0) is 69.0 Å². The average Bonchev–Trinajstić information content (AvgIpc) is 2.67. The minimum atomic E-state index is -3.57. The van der Waals surface area contributed by atoms with Gasteiger partial charge >= 0.3 is 0 Å². The zero-order valence-corrected chi connectivity index (χ0v) is 18.2. The minimum Gasteiger partial charge on any atom is -0.497 e. The van der Waals surface area contributed by atoms with Crippen molar-refractivity contribution in [2.75, 3.05) is 25.5 Å². The zero-order valence-electron chi connectivity index (χ0n) is 17.4. The van der Waals surface area contributed by atoms with Gasteiger partial charge in [0.1, 0.15) is 5.75 Å². The van der Waals surface area contributed by atoms with Gasteiger partial charge in [0.05, 0.1) is 12.0 Å². The molecule has 1 aliphatic rings. The first-order valence-corrected chi connectivity index (χ1v) is 11.2. The number of aryl methyl sites for hydroxylation is 3. The number of piperidine rings is 1. The lowest BCUT2D eigenvalue weighted by Gasteiger charge is -2.31. The van der Waals surface area contributed by atoms with Gasteiger partial charge in [0.25, 0.3) is 0 Å². The van der Waals surface area contributed by atoms with Crippen molar-refractivity contribution in [3.05, 3.63) is 53.1 Å². The summed E-state index contributed by atoms with van der Waals surface area (Å²) in [6.45, 7) is 6.32. The Kier molecular flexibility index (Phi) is 6.29. The van der Waals surface area contributed by atoms with Gasteiger partial charge in [-0.1, -0.05) is 17.7 Å². The first kappa shape index (κ1) is 21.3. The lowest BCUT2D eigenvalue weighted by molar-refractivity contribution is -0.120. The van der Waals surface area contributed by atoms with Crippen molar-refractivity contribution in [3.8, 4) is 5.75 Å². The molecule has 1 saturated heterocycles. The van der Waals surface area contributed by atoms with E-state index in [1.54, 1.807) is 31.4 Å². The molecule has 0 radical (unpaired) electrons. The number of carbonyl (C=O) groups excluding carboxylic acids is 1. The molecule has 0 spiro atoms. The molecular weight excluding hydrogens is 388 g/mol. The molecule has 0 aromatic heterocycles. The van der Waals surface area contributed by atoms with E-state index in [2.05, 4.69) is 5.32 Å². The van der Waals surface area contributed by atoms with Crippen LogP contribution in [0, 0.1) is 26.7 Å². The molecule has 7 heteroatoms. The van der Waals surface area contributed by atoms with Crippen LogP contribution in [0.25, 0.3) is 0 Å². The summed E-state index contributed by atoms with van der Waals surface area (Å²) < 4.78 is 33.0. The highest BCUT2D eigenvalue weighted by Gasteiger charge is 2.33. The fraction of sp³-hybridized carbons (Fsp3) is 0.409. The molecule has 2 aromatic rings. The zero-order chi connectivity index (χ0) is 21.2. The van der Waals surface area contributed by atoms with Crippen molar-refractivity contribution in [1.29, 1.82) is 0 Å². The maximum atomic E-state index is 13.2. The molecular formula is C22H28N2O4S. The standard InChI is InChI=1S/C22H28N2O4S/c1-15-13-16(2)21(17(3)14-15)29(26,27)24-11-9-18(10-12-24)22(25)23-19-5-7-20(28-4)8-6-19/h5-8,13-14,18H,9-12H2,1-4H3,(H,23,25). The highest BCUT2D eigenvalue weighted by molar-refractivity contribution is 7.89. The van der Waals surface area contributed by atoms with Gasteiger partial charge in [-0.2, -0.15) is 4.31 Å². The number of ether oxygens (including phenoxy) is 1. The number of benzene rings is 2. The van der Waals surface area contributed by atoms with Gasteiger partial charge in [-0.3, -0.25) is 4.79 Å². The molecule has 1 aliphatic heterocycles. The fourth-order valence-electron chi connectivity index (χ4n) is 3.98. The number of carbonyl (C=O) groups is 1. The molecule has 0 aliphatic carbocycles. The topological polar surface area (TPSA) is 75.7 Å².